The van der Waals surface area contributed by atoms with E-state index in [1.54, 1.807) is 49.4 Å². The number of para-hydroxylation sites is 1. The Morgan fingerprint density at radius 3 is 2.29 bits per heavy atom. The number of halogens is 5. The van der Waals surface area contributed by atoms with Crippen molar-refractivity contribution in [3.63, 3.8) is 0 Å². The van der Waals surface area contributed by atoms with E-state index in [1.165, 1.54) is 17.7 Å². The molecule has 0 saturated heterocycles. The number of amides is 2. The molecule has 0 atom stereocenters. The number of nitrogens with one attached hydrogen (secondary N) is 2. The number of anilines is 2. The first-order valence-corrected chi connectivity index (χ1v) is 12.3. The van der Waals surface area contributed by atoms with E-state index in [9.17, 15) is 32.3 Å². The van der Waals surface area contributed by atoms with Gasteiger partial charge in [0.1, 0.15) is 5.15 Å². The average Bonchev–Trinajstić information content (AvgIpc) is 3.24. The van der Waals surface area contributed by atoms with Crippen molar-refractivity contribution in [3.05, 3.63) is 89.0 Å². The Morgan fingerprint density at radius 1 is 1.00 bits per heavy atom. The Kier molecular flexibility index (Phi) is 8.43. The van der Waals surface area contributed by atoms with Crippen LogP contribution in [0.1, 0.15) is 23.0 Å². The van der Waals surface area contributed by atoms with Crippen molar-refractivity contribution in [1.82, 2.24) is 4.57 Å². The van der Waals surface area contributed by atoms with Gasteiger partial charge in [-0.05, 0) is 42.8 Å². The van der Waals surface area contributed by atoms with Crippen LogP contribution < -0.4 is 15.4 Å². The predicted octanol–water partition coefficient (Wildman–Crippen LogP) is 7.49. The molecule has 41 heavy (non-hydrogen) atoms. The zero-order valence-electron chi connectivity index (χ0n) is 21.5. The van der Waals surface area contributed by atoms with E-state index in [-0.39, 0.29) is 34.6 Å². The molecule has 3 N–H and O–H groups in total. The molecule has 1 aromatic heterocycles. The molecule has 0 radical (unpaired) electrons. The Labute approximate surface area is 236 Å². The van der Waals surface area contributed by atoms with E-state index in [4.69, 9.17) is 21.1 Å². The molecule has 3 aromatic carbocycles. The number of methoxy groups -OCH3 is 1. The summed E-state index contributed by atoms with van der Waals surface area (Å²) in [6.45, 7) is 1.55. The van der Waals surface area contributed by atoms with Crippen molar-refractivity contribution < 1.29 is 41.7 Å². The molecule has 0 saturated carbocycles. The maximum atomic E-state index is 14.4. The largest absolute Gasteiger partial charge is 0.504 e. The van der Waals surface area contributed by atoms with Crippen molar-refractivity contribution in [3.8, 4) is 28.3 Å². The van der Waals surface area contributed by atoms with E-state index in [1.807, 2.05) is 5.32 Å². The molecule has 1 heterocycles. The zero-order chi connectivity index (χ0) is 29.9. The van der Waals surface area contributed by atoms with E-state index < -0.39 is 35.2 Å². The number of benzene rings is 3. The summed E-state index contributed by atoms with van der Waals surface area (Å²) in [4.78, 5) is 25.6. The molecule has 214 valence electrons. The molecule has 4 aromatic rings. The van der Waals surface area contributed by atoms with Gasteiger partial charge in [0, 0.05) is 17.3 Å². The standard InChI is InChI=1S/C28H22ClF4N3O5/c1-3-41-26(38)24-20(35-27(39)34-19-8-5-7-18(23(19)30)28(31,32)33)14-22(29)36(24)16-12-10-15(11-13-16)17-6-4-9-21(40-2)25(17)37/h4-14,37H,3H2,1-2H3,(H2,34,35,39). The molecule has 0 bridgehead atoms. The maximum Gasteiger partial charge on any atom is 0.419 e. The second-order valence-corrected chi connectivity index (χ2v) is 8.82. The van der Waals surface area contributed by atoms with Crippen molar-refractivity contribution in [2.24, 2.45) is 0 Å². The molecule has 0 spiro atoms. The van der Waals surface area contributed by atoms with Crippen LogP contribution in [0.25, 0.3) is 16.8 Å². The molecular weight excluding hydrogens is 570 g/mol. The zero-order valence-corrected chi connectivity index (χ0v) is 22.2. The number of rotatable bonds is 7. The van der Waals surface area contributed by atoms with E-state index in [0.29, 0.717) is 22.9 Å². The number of phenols is 1. The van der Waals surface area contributed by atoms with Crippen molar-refractivity contribution in [1.29, 1.82) is 0 Å². The van der Waals surface area contributed by atoms with Crippen LogP contribution in [-0.4, -0.2) is 35.4 Å². The minimum atomic E-state index is -4.97. The van der Waals surface area contributed by atoms with Crippen LogP contribution in [0.2, 0.25) is 5.15 Å². The van der Waals surface area contributed by atoms with Gasteiger partial charge in [0.05, 0.1) is 30.7 Å². The fraction of sp³-hybridized carbons (Fsp3) is 0.143. The van der Waals surface area contributed by atoms with Crippen LogP contribution in [0.4, 0.5) is 33.7 Å². The summed E-state index contributed by atoms with van der Waals surface area (Å²) in [6, 6.07) is 14.0. The lowest BCUT2D eigenvalue weighted by Crippen LogP contribution is -2.23. The maximum absolute atomic E-state index is 14.4. The first-order valence-electron chi connectivity index (χ1n) is 11.9. The van der Waals surface area contributed by atoms with Gasteiger partial charge in [0.25, 0.3) is 0 Å². The Hall–Kier alpha value is -4.71. The lowest BCUT2D eigenvalue weighted by Gasteiger charge is -2.14. The Morgan fingerprint density at radius 2 is 1.66 bits per heavy atom. The predicted molar refractivity (Wildman–Crippen MR) is 144 cm³/mol. The van der Waals surface area contributed by atoms with Crippen LogP contribution in [0.5, 0.6) is 11.5 Å². The van der Waals surface area contributed by atoms with Gasteiger partial charge in [-0.25, -0.2) is 14.0 Å². The van der Waals surface area contributed by atoms with Crippen LogP contribution in [-0.2, 0) is 10.9 Å². The Balaban J connectivity index is 1.68. The highest BCUT2D eigenvalue weighted by Crippen LogP contribution is 2.38. The number of hydrogen-bond acceptors (Lipinski definition) is 5. The molecule has 13 heteroatoms. The van der Waals surface area contributed by atoms with Crippen molar-refractivity contribution in [2.45, 2.75) is 13.1 Å². The molecule has 4 rings (SSSR count). The summed E-state index contributed by atoms with van der Waals surface area (Å²) < 4.78 is 65.1. The fourth-order valence-corrected chi connectivity index (χ4v) is 4.35. The lowest BCUT2D eigenvalue weighted by atomic mass is 10.0. The smallest absolute Gasteiger partial charge is 0.419 e. The van der Waals surface area contributed by atoms with Crippen LogP contribution in [0.15, 0.2) is 66.7 Å². The normalized spacial score (nSPS) is 11.2. The highest BCUT2D eigenvalue weighted by atomic mass is 35.5. The topological polar surface area (TPSA) is 102 Å². The quantitative estimate of drug-likeness (QED) is 0.153. The molecule has 8 nitrogen and oxygen atoms in total. The summed E-state index contributed by atoms with van der Waals surface area (Å²) in [5, 5.41) is 14.8. The molecule has 0 aliphatic rings. The molecule has 0 aliphatic heterocycles. The SMILES string of the molecule is CCOC(=O)c1c(NC(=O)Nc2cccc(C(F)(F)F)c2F)cc(Cl)n1-c1ccc(-c2cccc(OC)c2O)cc1. The number of alkyl halides is 3. The third-order valence-electron chi connectivity index (χ3n) is 5.88. The summed E-state index contributed by atoms with van der Waals surface area (Å²) in [7, 11) is 1.43. The number of carbonyl (C=O) groups is 2. The van der Waals surface area contributed by atoms with Crippen molar-refractivity contribution >= 4 is 35.0 Å². The van der Waals surface area contributed by atoms with Gasteiger partial charge in [-0.15, -0.1) is 0 Å². The van der Waals surface area contributed by atoms with Gasteiger partial charge in [0.15, 0.2) is 23.0 Å². The van der Waals surface area contributed by atoms with Gasteiger partial charge in [-0.2, -0.15) is 13.2 Å². The van der Waals surface area contributed by atoms with E-state index in [0.717, 1.165) is 12.1 Å². The monoisotopic (exact) mass is 591 g/mol. The van der Waals surface area contributed by atoms with Crippen LogP contribution in [0.3, 0.4) is 0 Å². The van der Waals surface area contributed by atoms with Gasteiger partial charge in [-0.1, -0.05) is 41.9 Å². The molecule has 0 aliphatic carbocycles. The average molecular weight is 592 g/mol. The number of ether oxygens (including phenoxy) is 2. The lowest BCUT2D eigenvalue weighted by molar-refractivity contribution is -0.139. The summed E-state index contributed by atoms with van der Waals surface area (Å²) in [5.41, 5.74) is -1.14. The number of esters is 1. The number of urea groups is 1. The second-order valence-electron chi connectivity index (χ2n) is 8.43. The highest BCUT2D eigenvalue weighted by Gasteiger charge is 2.35. The second kappa shape index (κ2) is 11.8. The molecular formula is C28H22ClF4N3O5. The van der Waals surface area contributed by atoms with Gasteiger partial charge in [0.2, 0.25) is 0 Å². The minimum Gasteiger partial charge on any atom is -0.504 e. The van der Waals surface area contributed by atoms with Gasteiger partial charge in [-0.3, -0.25) is 4.57 Å². The summed E-state index contributed by atoms with van der Waals surface area (Å²) in [6.07, 6.45) is -4.97. The van der Waals surface area contributed by atoms with Crippen molar-refractivity contribution in [2.75, 3.05) is 24.4 Å². The number of phenolic OH excluding ortho intramolecular Hbond substituents is 1. The highest BCUT2D eigenvalue weighted by molar-refractivity contribution is 6.31. The fourth-order valence-electron chi connectivity index (χ4n) is 4.06. The van der Waals surface area contributed by atoms with Gasteiger partial charge < -0.3 is 25.2 Å². The first kappa shape index (κ1) is 29.3. The van der Waals surface area contributed by atoms with Gasteiger partial charge >= 0.3 is 18.2 Å². The molecule has 0 unspecified atom stereocenters. The number of hydrogen-bond donors (Lipinski definition) is 3. The minimum absolute atomic E-state index is 0.0171. The summed E-state index contributed by atoms with van der Waals surface area (Å²) >= 11 is 6.43. The Bertz CT molecular complexity index is 1600. The van der Waals surface area contributed by atoms with E-state index >= 15 is 0 Å². The number of carbonyl (C=O) groups excluding carboxylic acids is 2. The third kappa shape index (κ3) is 6.07. The summed E-state index contributed by atoms with van der Waals surface area (Å²) in [5.74, 6) is -2.32. The van der Waals surface area contributed by atoms with Crippen LogP contribution >= 0.6 is 11.6 Å². The number of nitrogens with zero attached hydrogens (tertiary/aromatic N) is 1. The number of aromatic hydroxyl groups is 1. The molecule has 0 fully saturated rings. The van der Waals surface area contributed by atoms with Crippen LogP contribution in [0, 0.1) is 5.82 Å². The van der Waals surface area contributed by atoms with E-state index in [2.05, 4.69) is 5.32 Å². The molecule has 2 amide bonds. The third-order valence-corrected chi connectivity index (χ3v) is 6.16. The number of aromatic nitrogens is 1. The first-order chi connectivity index (χ1) is 19.5.